The van der Waals surface area contributed by atoms with Crippen LogP contribution in [0.1, 0.15) is 16.8 Å². The summed E-state index contributed by atoms with van der Waals surface area (Å²) in [5, 5.41) is 7.23. The average Bonchev–Trinajstić information content (AvgIpc) is 2.97. The number of hydrogen-bond acceptors (Lipinski definition) is 3. The van der Waals surface area contributed by atoms with Gasteiger partial charge < -0.3 is 4.42 Å². The fraction of sp³-hybridized carbons (Fsp3) is 0.0667. The van der Waals surface area contributed by atoms with Gasteiger partial charge in [0.05, 0.1) is 5.56 Å². The molecule has 3 aromatic rings. The molecule has 1 atom stereocenters. The smallest absolute Gasteiger partial charge is 0.251 e. The van der Waals surface area contributed by atoms with Crippen LogP contribution in [0.3, 0.4) is 0 Å². The average molecular weight is 368 g/mol. The number of rotatable bonds is 3. The second-order valence-electron chi connectivity index (χ2n) is 4.32. The van der Waals surface area contributed by atoms with Crippen molar-refractivity contribution in [3.05, 3.63) is 70.3 Å². The standard InChI is InChI=1S/C15H9BrClFN2O/c16-10-7-4-8-11(18)12(10)14-19-20-15(21-14)13(17)9-5-2-1-3-6-9/h1-8,13H. The highest BCUT2D eigenvalue weighted by molar-refractivity contribution is 9.10. The molecule has 0 aliphatic rings. The Balaban J connectivity index is 1.97. The predicted octanol–water partition coefficient (Wildman–Crippen LogP) is 4.97. The fourth-order valence-corrected chi connectivity index (χ4v) is 2.65. The lowest BCUT2D eigenvalue weighted by molar-refractivity contribution is 0.508. The molecule has 1 aromatic heterocycles. The molecule has 0 fully saturated rings. The van der Waals surface area contributed by atoms with Gasteiger partial charge in [-0.25, -0.2) is 4.39 Å². The molecule has 0 radical (unpaired) electrons. The van der Waals surface area contributed by atoms with Crippen molar-refractivity contribution in [2.45, 2.75) is 5.38 Å². The minimum absolute atomic E-state index is 0.0940. The molecule has 0 amide bonds. The highest BCUT2D eigenvalue weighted by atomic mass is 79.9. The Morgan fingerprint density at radius 2 is 1.81 bits per heavy atom. The van der Waals surface area contributed by atoms with E-state index in [0.717, 1.165) is 5.56 Å². The molecule has 1 unspecified atom stereocenters. The van der Waals surface area contributed by atoms with Gasteiger partial charge >= 0.3 is 0 Å². The Bertz CT molecular complexity index is 743. The molecule has 0 saturated heterocycles. The van der Waals surface area contributed by atoms with Gasteiger partial charge in [-0.15, -0.1) is 21.8 Å². The number of hydrogen-bond donors (Lipinski definition) is 0. The summed E-state index contributed by atoms with van der Waals surface area (Å²) >= 11 is 9.58. The number of nitrogens with zero attached hydrogens (tertiary/aromatic N) is 2. The number of benzene rings is 2. The lowest BCUT2D eigenvalue weighted by Gasteiger charge is -2.04. The third kappa shape index (κ3) is 2.84. The Morgan fingerprint density at radius 1 is 1.05 bits per heavy atom. The molecule has 0 bridgehead atoms. The Hall–Kier alpha value is -1.72. The number of aromatic nitrogens is 2. The first-order valence-electron chi connectivity index (χ1n) is 6.13. The maximum absolute atomic E-state index is 13.9. The van der Waals surface area contributed by atoms with E-state index in [0.29, 0.717) is 4.47 Å². The van der Waals surface area contributed by atoms with Crippen LogP contribution in [0.25, 0.3) is 11.5 Å². The van der Waals surface area contributed by atoms with Gasteiger partial charge in [0.15, 0.2) is 0 Å². The number of halogens is 3. The summed E-state index contributed by atoms with van der Waals surface area (Å²) in [5.74, 6) is -0.116. The van der Waals surface area contributed by atoms with Crippen LogP contribution in [0.2, 0.25) is 0 Å². The Labute approximate surface area is 133 Å². The van der Waals surface area contributed by atoms with Crippen molar-refractivity contribution in [1.29, 1.82) is 0 Å². The van der Waals surface area contributed by atoms with Gasteiger partial charge in [-0.2, -0.15) is 0 Å². The second kappa shape index (κ2) is 5.95. The van der Waals surface area contributed by atoms with Gasteiger partial charge in [0.1, 0.15) is 11.2 Å². The van der Waals surface area contributed by atoms with Crippen LogP contribution in [0.5, 0.6) is 0 Å². The van der Waals surface area contributed by atoms with Crippen LogP contribution in [0, 0.1) is 5.82 Å². The molecular weight excluding hydrogens is 359 g/mol. The molecule has 106 valence electrons. The lowest BCUT2D eigenvalue weighted by Crippen LogP contribution is -1.92. The topological polar surface area (TPSA) is 38.9 Å². The maximum atomic E-state index is 13.9. The second-order valence-corrected chi connectivity index (χ2v) is 5.61. The van der Waals surface area contributed by atoms with Crippen LogP contribution in [0.4, 0.5) is 4.39 Å². The molecule has 6 heteroatoms. The molecule has 0 saturated carbocycles. The van der Waals surface area contributed by atoms with Gasteiger partial charge in [-0.05, 0) is 33.6 Å². The van der Waals surface area contributed by atoms with E-state index in [1.807, 2.05) is 30.3 Å². The highest BCUT2D eigenvalue weighted by Crippen LogP contribution is 2.33. The van der Waals surface area contributed by atoms with E-state index in [1.165, 1.54) is 6.07 Å². The van der Waals surface area contributed by atoms with Crippen molar-refractivity contribution < 1.29 is 8.81 Å². The van der Waals surface area contributed by atoms with Crippen LogP contribution in [-0.2, 0) is 0 Å². The zero-order valence-electron chi connectivity index (χ0n) is 10.6. The molecule has 1 heterocycles. The minimum Gasteiger partial charge on any atom is -0.419 e. The van der Waals surface area contributed by atoms with Crippen LogP contribution in [-0.4, -0.2) is 10.2 Å². The maximum Gasteiger partial charge on any atom is 0.251 e. The lowest BCUT2D eigenvalue weighted by atomic mass is 10.1. The number of alkyl halides is 1. The van der Waals surface area contributed by atoms with Crippen LogP contribution >= 0.6 is 27.5 Å². The third-order valence-corrected chi connectivity index (χ3v) is 4.03. The largest absolute Gasteiger partial charge is 0.419 e. The van der Waals surface area contributed by atoms with Gasteiger partial charge in [-0.1, -0.05) is 36.4 Å². The molecular formula is C15H9BrClFN2O. The van der Waals surface area contributed by atoms with Crippen LogP contribution in [0.15, 0.2) is 57.4 Å². The van der Waals surface area contributed by atoms with E-state index in [9.17, 15) is 4.39 Å². The molecule has 0 aliphatic heterocycles. The summed E-state index contributed by atoms with van der Waals surface area (Å²) in [6.07, 6.45) is 0. The van der Waals surface area contributed by atoms with Crippen molar-refractivity contribution in [3.63, 3.8) is 0 Å². The molecule has 0 spiro atoms. The first-order valence-corrected chi connectivity index (χ1v) is 7.36. The van der Waals surface area contributed by atoms with Crippen molar-refractivity contribution in [2.75, 3.05) is 0 Å². The van der Waals surface area contributed by atoms with E-state index >= 15 is 0 Å². The van der Waals surface area contributed by atoms with Gasteiger partial charge in [0.2, 0.25) is 5.89 Å². The quantitative estimate of drug-likeness (QED) is 0.614. The monoisotopic (exact) mass is 366 g/mol. The predicted molar refractivity (Wildman–Crippen MR) is 81.5 cm³/mol. The van der Waals surface area contributed by atoms with Crippen molar-refractivity contribution >= 4 is 27.5 Å². The summed E-state index contributed by atoms with van der Waals surface area (Å²) < 4.78 is 19.9. The molecule has 3 nitrogen and oxygen atoms in total. The third-order valence-electron chi connectivity index (χ3n) is 2.93. The van der Waals surface area contributed by atoms with Crippen molar-refractivity contribution in [2.24, 2.45) is 0 Å². The summed E-state index contributed by atoms with van der Waals surface area (Å²) in [6, 6.07) is 14.0. The fourth-order valence-electron chi connectivity index (χ4n) is 1.90. The normalized spacial score (nSPS) is 12.3. The summed E-state index contributed by atoms with van der Waals surface area (Å²) in [5.41, 5.74) is 1.06. The first kappa shape index (κ1) is 14.2. The van der Waals surface area contributed by atoms with Gasteiger partial charge in [0, 0.05) is 4.47 Å². The Morgan fingerprint density at radius 3 is 2.52 bits per heavy atom. The summed E-state index contributed by atoms with van der Waals surface area (Å²) in [6.45, 7) is 0. The molecule has 2 aromatic carbocycles. The summed E-state index contributed by atoms with van der Waals surface area (Å²) in [7, 11) is 0. The molecule has 0 aliphatic carbocycles. The van der Waals surface area contributed by atoms with E-state index in [4.69, 9.17) is 16.0 Å². The Kier molecular flexibility index (Phi) is 4.03. The molecule has 3 rings (SSSR count). The van der Waals surface area contributed by atoms with E-state index in [2.05, 4.69) is 26.1 Å². The zero-order valence-corrected chi connectivity index (χ0v) is 13.0. The van der Waals surface area contributed by atoms with Gasteiger partial charge in [-0.3, -0.25) is 0 Å². The van der Waals surface area contributed by atoms with Crippen molar-refractivity contribution in [1.82, 2.24) is 10.2 Å². The van der Waals surface area contributed by atoms with E-state index in [1.54, 1.807) is 12.1 Å². The summed E-state index contributed by atoms with van der Waals surface area (Å²) in [4.78, 5) is 0. The van der Waals surface area contributed by atoms with Gasteiger partial charge in [0.25, 0.3) is 5.89 Å². The SMILES string of the molecule is Fc1cccc(Br)c1-c1nnc(C(Cl)c2ccccc2)o1. The zero-order chi connectivity index (χ0) is 14.8. The van der Waals surface area contributed by atoms with E-state index in [-0.39, 0.29) is 17.3 Å². The molecule has 0 N–H and O–H groups in total. The van der Waals surface area contributed by atoms with E-state index < -0.39 is 11.2 Å². The van der Waals surface area contributed by atoms with Crippen molar-refractivity contribution in [3.8, 4) is 11.5 Å². The highest BCUT2D eigenvalue weighted by Gasteiger charge is 2.21. The first-order chi connectivity index (χ1) is 10.2. The molecule has 21 heavy (non-hydrogen) atoms. The minimum atomic E-state index is -0.571. The van der Waals surface area contributed by atoms with Crippen LogP contribution < -0.4 is 0 Å².